The summed E-state index contributed by atoms with van der Waals surface area (Å²) in [4.78, 5) is 24.3. The van der Waals surface area contributed by atoms with E-state index in [0.29, 0.717) is 31.3 Å². The van der Waals surface area contributed by atoms with Gasteiger partial charge in [-0.05, 0) is 38.4 Å². The van der Waals surface area contributed by atoms with E-state index in [-0.39, 0.29) is 48.0 Å². The number of ether oxygens (including phenoxy) is 3. The van der Waals surface area contributed by atoms with Crippen LogP contribution in [-0.2, 0) is 23.8 Å². The molecule has 0 bridgehead atoms. The summed E-state index contributed by atoms with van der Waals surface area (Å²) in [6.45, 7) is 2.82. The maximum Gasteiger partial charge on any atom is 0.309 e. The summed E-state index contributed by atoms with van der Waals surface area (Å²) < 4.78 is 16.5. The van der Waals surface area contributed by atoms with Crippen LogP contribution in [0.4, 0.5) is 0 Å². The minimum Gasteiger partial charge on any atom is -0.455 e. The predicted octanol–water partition coefficient (Wildman–Crippen LogP) is 1.73. The molecular weight excluding hydrogens is 366 g/mol. The van der Waals surface area contributed by atoms with Crippen LogP contribution in [-0.4, -0.2) is 66.3 Å². The lowest BCUT2D eigenvalue weighted by molar-refractivity contribution is -0.174. The number of thioether (sulfide) groups is 1. The van der Waals surface area contributed by atoms with E-state index in [1.807, 2.05) is 18.7 Å². The predicted molar refractivity (Wildman–Crippen MR) is 95.9 cm³/mol. The molecule has 0 radical (unpaired) electrons. The third-order valence-electron chi connectivity index (χ3n) is 5.07. The summed E-state index contributed by atoms with van der Waals surface area (Å²) in [6.07, 6.45) is 3.00. The van der Waals surface area contributed by atoms with Gasteiger partial charge in [-0.3, -0.25) is 9.59 Å². The van der Waals surface area contributed by atoms with E-state index in [1.54, 1.807) is 0 Å². The maximum atomic E-state index is 12.3. The second kappa shape index (κ2) is 8.93. The number of nitrogens with one attached hydrogen (secondary N) is 1. The number of hydrogen-bond acceptors (Lipinski definition) is 6. The van der Waals surface area contributed by atoms with Gasteiger partial charge < -0.3 is 19.5 Å². The molecule has 6 atom stereocenters. The minimum absolute atomic E-state index is 0.0918. The first-order chi connectivity index (χ1) is 12.0. The maximum absolute atomic E-state index is 12.3. The second-order valence-electron chi connectivity index (χ2n) is 6.94. The van der Waals surface area contributed by atoms with Gasteiger partial charge in [0, 0.05) is 11.3 Å². The summed E-state index contributed by atoms with van der Waals surface area (Å²) in [7, 11) is 0. The standard InChI is InChI=1S/C17H26ClNO5S/c1-10(14-3-2-6-25-14)19-15(20)9-24-17(21)11-7-12(18)16-13(8-11)22-4-5-23-16/h10-14,16H,2-9H2,1H3,(H,19,20)/t10-,11?,12?,13?,14?,16?/m1/s1. The van der Waals surface area contributed by atoms with Crippen LogP contribution in [0.5, 0.6) is 0 Å². The first kappa shape index (κ1) is 19.3. The molecule has 3 rings (SSSR count). The lowest BCUT2D eigenvalue weighted by Gasteiger charge is -2.40. The number of halogens is 1. The largest absolute Gasteiger partial charge is 0.455 e. The summed E-state index contributed by atoms with van der Waals surface area (Å²) in [6, 6.07) is 0.0918. The molecule has 0 aromatic rings. The molecule has 0 aromatic heterocycles. The highest BCUT2D eigenvalue weighted by molar-refractivity contribution is 8.00. The topological polar surface area (TPSA) is 73.9 Å². The molecular formula is C17H26ClNO5S. The van der Waals surface area contributed by atoms with E-state index >= 15 is 0 Å². The highest BCUT2D eigenvalue weighted by Crippen LogP contribution is 2.34. The fraction of sp³-hybridized carbons (Fsp3) is 0.882. The van der Waals surface area contributed by atoms with Crippen molar-refractivity contribution < 1.29 is 23.8 Å². The van der Waals surface area contributed by atoms with Crippen LogP contribution in [0.1, 0.15) is 32.6 Å². The molecule has 6 nitrogen and oxygen atoms in total. The van der Waals surface area contributed by atoms with Crippen LogP contribution in [0.25, 0.3) is 0 Å². The van der Waals surface area contributed by atoms with Crippen molar-refractivity contribution in [2.24, 2.45) is 5.92 Å². The van der Waals surface area contributed by atoms with E-state index in [2.05, 4.69) is 5.32 Å². The third-order valence-corrected chi connectivity index (χ3v) is 7.09. The van der Waals surface area contributed by atoms with Crippen molar-refractivity contribution >= 4 is 35.2 Å². The first-order valence-corrected chi connectivity index (χ1v) is 10.5. The van der Waals surface area contributed by atoms with E-state index in [0.717, 1.165) is 12.2 Å². The molecule has 3 aliphatic rings. The third kappa shape index (κ3) is 5.02. The fourth-order valence-electron chi connectivity index (χ4n) is 3.74. The average Bonchev–Trinajstić information content (AvgIpc) is 3.14. The summed E-state index contributed by atoms with van der Waals surface area (Å²) in [5, 5.41) is 3.11. The van der Waals surface area contributed by atoms with Gasteiger partial charge in [-0.25, -0.2) is 0 Å². The smallest absolute Gasteiger partial charge is 0.309 e. The molecule has 25 heavy (non-hydrogen) atoms. The monoisotopic (exact) mass is 391 g/mol. The van der Waals surface area contributed by atoms with Gasteiger partial charge in [-0.2, -0.15) is 11.8 Å². The molecule has 142 valence electrons. The zero-order valence-electron chi connectivity index (χ0n) is 14.4. The van der Waals surface area contributed by atoms with Crippen molar-refractivity contribution in [3.05, 3.63) is 0 Å². The number of esters is 1. The summed E-state index contributed by atoms with van der Waals surface area (Å²) >= 11 is 8.23. The first-order valence-electron chi connectivity index (χ1n) is 8.99. The van der Waals surface area contributed by atoms with Gasteiger partial charge in [0.25, 0.3) is 5.91 Å². The molecule has 1 aliphatic carbocycles. The van der Waals surface area contributed by atoms with Gasteiger partial charge in [-0.15, -0.1) is 11.6 Å². The minimum atomic E-state index is -0.378. The van der Waals surface area contributed by atoms with Crippen LogP contribution in [0.2, 0.25) is 0 Å². The highest BCUT2D eigenvalue weighted by Gasteiger charge is 2.43. The van der Waals surface area contributed by atoms with E-state index < -0.39 is 0 Å². The molecule has 0 aromatic carbocycles. The summed E-state index contributed by atoms with van der Waals surface area (Å²) in [5.41, 5.74) is 0. The Morgan fingerprint density at radius 3 is 2.88 bits per heavy atom. The Labute approximate surface area is 157 Å². The van der Waals surface area contributed by atoms with Crippen LogP contribution < -0.4 is 5.32 Å². The van der Waals surface area contributed by atoms with Crippen LogP contribution in [0.15, 0.2) is 0 Å². The Morgan fingerprint density at radius 1 is 1.32 bits per heavy atom. The van der Waals surface area contributed by atoms with Crippen molar-refractivity contribution in [3.8, 4) is 0 Å². The number of carbonyl (C=O) groups excluding carboxylic acids is 2. The quantitative estimate of drug-likeness (QED) is 0.568. The zero-order chi connectivity index (χ0) is 17.8. The van der Waals surface area contributed by atoms with Crippen LogP contribution in [0.3, 0.4) is 0 Å². The number of rotatable bonds is 5. The number of alkyl halides is 1. The zero-order valence-corrected chi connectivity index (χ0v) is 16.0. The van der Waals surface area contributed by atoms with E-state index in [4.69, 9.17) is 25.8 Å². The normalized spacial score (nSPS) is 36.3. The Bertz CT molecular complexity index is 488. The van der Waals surface area contributed by atoms with Gasteiger partial charge in [0.1, 0.15) is 6.10 Å². The number of amides is 1. The lowest BCUT2D eigenvalue weighted by Crippen LogP contribution is -2.50. The molecule has 1 amide bonds. The molecule has 2 heterocycles. The lowest BCUT2D eigenvalue weighted by atomic mass is 9.84. The van der Waals surface area contributed by atoms with Crippen molar-refractivity contribution in [1.29, 1.82) is 0 Å². The molecule has 8 heteroatoms. The van der Waals surface area contributed by atoms with E-state index in [9.17, 15) is 9.59 Å². The van der Waals surface area contributed by atoms with Crippen molar-refractivity contribution in [1.82, 2.24) is 5.32 Å². The Hall–Kier alpha value is -0.500. The van der Waals surface area contributed by atoms with Crippen molar-refractivity contribution in [2.75, 3.05) is 25.6 Å². The van der Waals surface area contributed by atoms with Gasteiger partial charge >= 0.3 is 5.97 Å². The molecule has 3 fully saturated rings. The molecule has 2 aliphatic heterocycles. The Balaban J connectivity index is 1.41. The molecule has 2 saturated heterocycles. The van der Waals surface area contributed by atoms with Gasteiger partial charge in [0.2, 0.25) is 0 Å². The van der Waals surface area contributed by atoms with Gasteiger partial charge in [-0.1, -0.05) is 0 Å². The van der Waals surface area contributed by atoms with Crippen molar-refractivity contribution in [3.63, 3.8) is 0 Å². The second-order valence-corrected chi connectivity index (χ2v) is 8.85. The SMILES string of the molecule is C[C@@H](NC(=O)COC(=O)C1CC(Cl)C2OCCOC2C1)C1CCCS1. The fourth-order valence-corrected chi connectivity index (χ4v) is 5.52. The Morgan fingerprint density at radius 2 is 2.12 bits per heavy atom. The van der Waals surface area contributed by atoms with Crippen LogP contribution in [0, 0.1) is 5.92 Å². The number of fused-ring (bicyclic) bond motifs is 1. The number of carbonyl (C=O) groups is 2. The molecule has 0 spiro atoms. The molecule has 5 unspecified atom stereocenters. The molecule has 1 N–H and O–H groups in total. The average molecular weight is 392 g/mol. The van der Waals surface area contributed by atoms with E-state index in [1.165, 1.54) is 6.42 Å². The highest BCUT2D eigenvalue weighted by atomic mass is 35.5. The van der Waals surface area contributed by atoms with Gasteiger partial charge in [0.05, 0.1) is 30.6 Å². The van der Waals surface area contributed by atoms with Crippen LogP contribution >= 0.6 is 23.4 Å². The number of hydrogen-bond donors (Lipinski definition) is 1. The Kier molecular flexibility index (Phi) is 6.88. The molecule has 1 saturated carbocycles. The van der Waals surface area contributed by atoms with Crippen molar-refractivity contribution in [2.45, 2.75) is 61.5 Å². The van der Waals surface area contributed by atoms with Gasteiger partial charge in [0.15, 0.2) is 6.61 Å². The summed E-state index contributed by atoms with van der Waals surface area (Å²) in [5.74, 6) is 0.175.